The van der Waals surface area contributed by atoms with Gasteiger partial charge < -0.3 is 5.73 Å². The van der Waals surface area contributed by atoms with E-state index in [0.717, 1.165) is 6.54 Å². The Morgan fingerprint density at radius 2 is 1.64 bits per heavy atom. The zero-order chi connectivity index (χ0) is 10.8. The molecule has 1 aliphatic rings. The smallest absolute Gasteiger partial charge is 0.0190 e. The molecule has 0 saturated carbocycles. The van der Waals surface area contributed by atoms with Crippen LogP contribution in [0.5, 0.6) is 0 Å². The third-order valence-electron chi connectivity index (χ3n) is 3.46. The lowest BCUT2D eigenvalue weighted by Gasteiger charge is -2.52. The SMILES string of the molecule is CC1(C)CCCC(C)(C)N1CC=CN. The van der Waals surface area contributed by atoms with Crippen LogP contribution in [0.3, 0.4) is 0 Å². The van der Waals surface area contributed by atoms with Gasteiger partial charge in [0.25, 0.3) is 0 Å². The second-order valence-corrected chi connectivity index (χ2v) is 5.52. The molecule has 82 valence electrons. The average Bonchev–Trinajstić information content (AvgIpc) is 2.01. The summed E-state index contributed by atoms with van der Waals surface area (Å²) >= 11 is 0. The van der Waals surface area contributed by atoms with E-state index in [9.17, 15) is 0 Å². The van der Waals surface area contributed by atoms with Crippen molar-refractivity contribution in [3.8, 4) is 0 Å². The number of piperidine rings is 1. The van der Waals surface area contributed by atoms with Gasteiger partial charge in [-0.15, -0.1) is 0 Å². The Morgan fingerprint density at radius 1 is 1.14 bits per heavy atom. The van der Waals surface area contributed by atoms with E-state index in [1.54, 1.807) is 6.20 Å². The number of nitrogens with two attached hydrogens (primary N) is 1. The normalized spacial score (nSPS) is 26.9. The maximum Gasteiger partial charge on any atom is 0.0190 e. The zero-order valence-corrected chi connectivity index (χ0v) is 10.0. The quantitative estimate of drug-likeness (QED) is 0.735. The highest BCUT2D eigenvalue weighted by atomic mass is 15.3. The molecule has 0 bridgehead atoms. The molecule has 2 heteroatoms. The predicted molar refractivity (Wildman–Crippen MR) is 62.0 cm³/mol. The highest BCUT2D eigenvalue weighted by Gasteiger charge is 2.40. The highest BCUT2D eigenvalue weighted by Crippen LogP contribution is 2.37. The number of rotatable bonds is 2. The molecule has 1 aliphatic heterocycles. The Balaban J connectivity index is 2.80. The minimum Gasteiger partial charge on any atom is -0.405 e. The lowest BCUT2D eigenvalue weighted by atomic mass is 9.80. The minimum absolute atomic E-state index is 0.307. The first-order chi connectivity index (χ1) is 6.40. The first-order valence-corrected chi connectivity index (χ1v) is 5.55. The summed E-state index contributed by atoms with van der Waals surface area (Å²) in [6, 6.07) is 0. The largest absolute Gasteiger partial charge is 0.405 e. The van der Waals surface area contributed by atoms with Crippen LogP contribution in [0.4, 0.5) is 0 Å². The van der Waals surface area contributed by atoms with Crippen molar-refractivity contribution in [3.63, 3.8) is 0 Å². The van der Waals surface area contributed by atoms with Gasteiger partial charge in [0.15, 0.2) is 0 Å². The molecule has 0 aromatic carbocycles. The molecule has 0 spiro atoms. The molecule has 2 N–H and O–H groups in total. The summed E-state index contributed by atoms with van der Waals surface area (Å²) in [5.41, 5.74) is 6.03. The first kappa shape index (κ1) is 11.6. The van der Waals surface area contributed by atoms with E-state index < -0.39 is 0 Å². The van der Waals surface area contributed by atoms with Gasteiger partial charge in [0, 0.05) is 17.6 Å². The first-order valence-electron chi connectivity index (χ1n) is 5.55. The summed E-state index contributed by atoms with van der Waals surface area (Å²) in [5.74, 6) is 0. The van der Waals surface area contributed by atoms with E-state index in [1.165, 1.54) is 19.3 Å². The molecule has 0 aliphatic carbocycles. The highest BCUT2D eigenvalue weighted by molar-refractivity contribution is 4.99. The van der Waals surface area contributed by atoms with Crippen molar-refractivity contribution in [2.75, 3.05) is 6.54 Å². The van der Waals surface area contributed by atoms with E-state index in [4.69, 9.17) is 5.73 Å². The van der Waals surface area contributed by atoms with Crippen LogP contribution in [0.2, 0.25) is 0 Å². The molecule has 0 aromatic heterocycles. The van der Waals surface area contributed by atoms with Gasteiger partial charge in [0.1, 0.15) is 0 Å². The van der Waals surface area contributed by atoms with Crippen LogP contribution >= 0.6 is 0 Å². The van der Waals surface area contributed by atoms with Crippen LogP contribution in [-0.2, 0) is 0 Å². The molecular formula is C12H24N2. The summed E-state index contributed by atoms with van der Waals surface area (Å²) in [4.78, 5) is 2.56. The van der Waals surface area contributed by atoms with Crippen molar-refractivity contribution in [2.24, 2.45) is 5.73 Å². The number of likely N-dealkylation sites (tertiary alicyclic amines) is 1. The molecule has 1 fully saturated rings. The van der Waals surface area contributed by atoms with Crippen LogP contribution < -0.4 is 5.73 Å². The van der Waals surface area contributed by atoms with Gasteiger partial charge in [-0.3, -0.25) is 4.90 Å². The van der Waals surface area contributed by atoms with Gasteiger partial charge >= 0.3 is 0 Å². The van der Waals surface area contributed by atoms with Gasteiger partial charge in [0.05, 0.1) is 0 Å². The molecule has 2 nitrogen and oxygen atoms in total. The predicted octanol–water partition coefficient (Wildman–Crippen LogP) is 2.50. The Morgan fingerprint density at radius 3 is 2.07 bits per heavy atom. The Bertz CT molecular complexity index is 200. The van der Waals surface area contributed by atoms with E-state index >= 15 is 0 Å². The second kappa shape index (κ2) is 3.93. The lowest BCUT2D eigenvalue weighted by molar-refractivity contribution is -0.0163. The average molecular weight is 196 g/mol. The summed E-state index contributed by atoms with van der Waals surface area (Å²) in [6.45, 7) is 10.3. The Kier molecular flexibility index (Phi) is 3.25. The number of hydrogen-bond acceptors (Lipinski definition) is 2. The monoisotopic (exact) mass is 196 g/mol. The van der Waals surface area contributed by atoms with E-state index in [-0.39, 0.29) is 0 Å². The molecule has 0 atom stereocenters. The van der Waals surface area contributed by atoms with Crippen LogP contribution in [-0.4, -0.2) is 22.5 Å². The molecular weight excluding hydrogens is 172 g/mol. The standard InChI is InChI=1S/C12H24N2/c1-11(2)7-5-8-12(3,4)14(11)10-6-9-13/h6,9H,5,7-8,10,13H2,1-4H3. The van der Waals surface area contributed by atoms with Crippen LogP contribution in [0.15, 0.2) is 12.3 Å². The van der Waals surface area contributed by atoms with Gasteiger partial charge in [-0.25, -0.2) is 0 Å². The molecule has 1 heterocycles. The Labute approximate surface area is 88.2 Å². The van der Waals surface area contributed by atoms with Crippen molar-refractivity contribution in [2.45, 2.75) is 58.0 Å². The van der Waals surface area contributed by atoms with Crippen molar-refractivity contribution in [1.82, 2.24) is 4.90 Å². The molecule has 1 rings (SSSR count). The zero-order valence-electron chi connectivity index (χ0n) is 10.0. The van der Waals surface area contributed by atoms with Crippen molar-refractivity contribution in [1.29, 1.82) is 0 Å². The summed E-state index contributed by atoms with van der Waals surface area (Å²) in [6.07, 6.45) is 7.61. The van der Waals surface area contributed by atoms with Gasteiger partial charge in [0.2, 0.25) is 0 Å². The van der Waals surface area contributed by atoms with Crippen LogP contribution in [0, 0.1) is 0 Å². The number of nitrogens with zero attached hydrogens (tertiary/aromatic N) is 1. The minimum atomic E-state index is 0.307. The van der Waals surface area contributed by atoms with E-state index in [2.05, 4.69) is 38.7 Å². The summed E-state index contributed by atoms with van der Waals surface area (Å²) < 4.78 is 0. The molecule has 14 heavy (non-hydrogen) atoms. The fraction of sp³-hybridized carbons (Fsp3) is 0.833. The van der Waals surface area contributed by atoms with Crippen molar-refractivity contribution in [3.05, 3.63) is 12.3 Å². The summed E-state index contributed by atoms with van der Waals surface area (Å²) in [7, 11) is 0. The van der Waals surface area contributed by atoms with E-state index in [1.807, 2.05) is 0 Å². The second-order valence-electron chi connectivity index (χ2n) is 5.52. The third kappa shape index (κ3) is 2.30. The summed E-state index contributed by atoms with van der Waals surface area (Å²) in [5, 5.41) is 0. The number of hydrogen-bond donors (Lipinski definition) is 1. The fourth-order valence-electron chi connectivity index (χ4n) is 2.70. The topological polar surface area (TPSA) is 29.3 Å². The molecule has 0 unspecified atom stereocenters. The van der Waals surface area contributed by atoms with Gasteiger partial charge in [-0.1, -0.05) is 6.08 Å². The van der Waals surface area contributed by atoms with Crippen LogP contribution in [0.1, 0.15) is 47.0 Å². The maximum atomic E-state index is 5.42. The fourth-order valence-corrected chi connectivity index (χ4v) is 2.70. The van der Waals surface area contributed by atoms with E-state index in [0.29, 0.717) is 11.1 Å². The molecule has 0 amide bonds. The lowest BCUT2D eigenvalue weighted by Crippen LogP contribution is -2.58. The van der Waals surface area contributed by atoms with Crippen molar-refractivity contribution < 1.29 is 0 Å². The maximum absolute atomic E-state index is 5.42. The molecule has 0 radical (unpaired) electrons. The van der Waals surface area contributed by atoms with Crippen molar-refractivity contribution >= 4 is 0 Å². The van der Waals surface area contributed by atoms with Gasteiger partial charge in [-0.2, -0.15) is 0 Å². The van der Waals surface area contributed by atoms with Gasteiger partial charge in [-0.05, 0) is 53.2 Å². The molecule has 1 saturated heterocycles. The molecule has 0 aromatic rings. The van der Waals surface area contributed by atoms with Crippen LogP contribution in [0.25, 0.3) is 0 Å². The third-order valence-corrected chi connectivity index (χ3v) is 3.46. The Hall–Kier alpha value is -0.500.